The minimum Gasteiger partial charge on any atom is -0.508 e. The summed E-state index contributed by atoms with van der Waals surface area (Å²) >= 11 is 12.0. The highest BCUT2D eigenvalue weighted by molar-refractivity contribution is 6.42. The Labute approximate surface area is 114 Å². The molecule has 0 spiro atoms. The highest BCUT2D eigenvalue weighted by Crippen LogP contribution is 2.33. The molecule has 0 fully saturated rings. The van der Waals surface area contributed by atoms with Crippen molar-refractivity contribution in [3.8, 4) is 11.8 Å². The average Bonchev–Trinajstić information content (AvgIpc) is 2.39. The Kier molecular flexibility index (Phi) is 3.71. The molecule has 0 atom stereocenters. The molecule has 0 unspecified atom stereocenters. The molecule has 0 radical (unpaired) electrons. The molecule has 0 saturated heterocycles. The third-order valence-electron chi connectivity index (χ3n) is 2.49. The van der Waals surface area contributed by atoms with E-state index >= 15 is 0 Å². The molecule has 0 amide bonds. The quantitative estimate of drug-likeness (QED) is 0.914. The van der Waals surface area contributed by atoms with Gasteiger partial charge in [-0.1, -0.05) is 23.2 Å². The molecule has 0 bridgehead atoms. The van der Waals surface area contributed by atoms with Gasteiger partial charge < -0.3 is 5.11 Å². The van der Waals surface area contributed by atoms with Gasteiger partial charge >= 0.3 is 0 Å². The summed E-state index contributed by atoms with van der Waals surface area (Å²) in [7, 11) is 0. The van der Waals surface area contributed by atoms with Gasteiger partial charge in [-0.3, -0.25) is 0 Å². The second-order valence-corrected chi connectivity index (χ2v) is 4.48. The zero-order valence-corrected chi connectivity index (χ0v) is 10.7. The summed E-state index contributed by atoms with van der Waals surface area (Å²) in [6.07, 6.45) is 1.94. The van der Waals surface area contributed by atoms with Gasteiger partial charge in [0.25, 0.3) is 0 Å². The Hall–Kier alpha value is -1.76. The van der Waals surface area contributed by atoms with E-state index in [4.69, 9.17) is 28.5 Å². The van der Waals surface area contributed by atoms with Crippen molar-refractivity contribution in [3.63, 3.8) is 0 Å². The van der Waals surface area contributed by atoms with Gasteiger partial charge in [-0.15, -0.1) is 0 Å². The van der Waals surface area contributed by atoms with Crippen LogP contribution in [0.3, 0.4) is 0 Å². The third kappa shape index (κ3) is 2.56. The number of pyridine rings is 1. The van der Waals surface area contributed by atoms with Gasteiger partial charge in [0, 0.05) is 18.2 Å². The van der Waals surface area contributed by atoms with Crippen LogP contribution in [-0.4, -0.2) is 10.1 Å². The lowest BCUT2D eigenvalue weighted by Gasteiger charge is -2.08. The fourth-order valence-corrected chi connectivity index (χ4v) is 2.00. The predicted octanol–water partition coefficient (Wildman–Crippen LogP) is 3.56. The van der Waals surface area contributed by atoms with Gasteiger partial charge in [-0.05, 0) is 29.8 Å². The standard InChI is InChI=1S/C13H8Cl2N2O/c14-11-1-2-12(18)10(13(11)15)6-8-3-4-17-9(5-8)7-16/h1-5,18H,6H2. The minimum atomic E-state index is 0.0831. The number of rotatable bonds is 2. The molecule has 0 saturated carbocycles. The van der Waals surface area contributed by atoms with Crippen molar-refractivity contribution < 1.29 is 5.11 Å². The van der Waals surface area contributed by atoms with Crippen molar-refractivity contribution in [3.05, 3.63) is 57.3 Å². The van der Waals surface area contributed by atoms with E-state index in [9.17, 15) is 5.11 Å². The summed E-state index contributed by atoms with van der Waals surface area (Å²) in [5, 5.41) is 19.3. The van der Waals surface area contributed by atoms with Gasteiger partial charge in [-0.2, -0.15) is 5.26 Å². The van der Waals surface area contributed by atoms with Gasteiger partial charge in [0.2, 0.25) is 0 Å². The van der Waals surface area contributed by atoms with Gasteiger partial charge in [0.1, 0.15) is 17.5 Å². The van der Waals surface area contributed by atoms with Crippen molar-refractivity contribution >= 4 is 23.2 Å². The predicted molar refractivity (Wildman–Crippen MR) is 69.9 cm³/mol. The Morgan fingerprint density at radius 1 is 1.28 bits per heavy atom. The molecular formula is C13H8Cl2N2O. The Bertz CT molecular complexity index is 635. The van der Waals surface area contributed by atoms with E-state index in [1.807, 2.05) is 6.07 Å². The number of nitrogens with zero attached hydrogens (tertiary/aromatic N) is 2. The normalized spacial score (nSPS) is 10.1. The van der Waals surface area contributed by atoms with Crippen LogP contribution >= 0.6 is 23.2 Å². The number of halogens is 2. The fraction of sp³-hybridized carbons (Fsp3) is 0.0769. The summed E-state index contributed by atoms with van der Waals surface area (Å²) in [6, 6.07) is 8.41. The molecule has 1 aromatic carbocycles. The Morgan fingerprint density at radius 2 is 2.06 bits per heavy atom. The summed E-state index contributed by atoms with van der Waals surface area (Å²) < 4.78 is 0. The molecule has 2 rings (SSSR count). The largest absolute Gasteiger partial charge is 0.508 e. The van der Waals surface area contributed by atoms with Crippen LogP contribution in [0.2, 0.25) is 10.0 Å². The number of hydrogen-bond acceptors (Lipinski definition) is 3. The monoisotopic (exact) mass is 278 g/mol. The number of benzene rings is 1. The Morgan fingerprint density at radius 3 is 2.78 bits per heavy atom. The second kappa shape index (κ2) is 5.26. The molecule has 0 aliphatic rings. The van der Waals surface area contributed by atoms with Crippen LogP contribution < -0.4 is 0 Å². The molecule has 0 aliphatic heterocycles. The molecule has 2 aromatic rings. The zero-order valence-electron chi connectivity index (χ0n) is 9.19. The molecule has 90 valence electrons. The highest BCUT2D eigenvalue weighted by atomic mass is 35.5. The van der Waals surface area contributed by atoms with E-state index in [0.29, 0.717) is 27.7 Å². The third-order valence-corrected chi connectivity index (χ3v) is 3.33. The van der Waals surface area contributed by atoms with Crippen LogP contribution in [0.1, 0.15) is 16.8 Å². The van der Waals surface area contributed by atoms with Crippen LogP contribution in [0.5, 0.6) is 5.75 Å². The molecule has 1 heterocycles. The minimum absolute atomic E-state index is 0.0831. The highest BCUT2D eigenvalue weighted by Gasteiger charge is 2.11. The van der Waals surface area contributed by atoms with Crippen molar-refractivity contribution in [1.29, 1.82) is 5.26 Å². The molecule has 3 nitrogen and oxygen atoms in total. The first-order chi connectivity index (χ1) is 8.61. The van der Waals surface area contributed by atoms with Gasteiger partial charge in [-0.25, -0.2) is 4.98 Å². The smallest absolute Gasteiger partial charge is 0.140 e. The summed E-state index contributed by atoms with van der Waals surface area (Å²) in [6.45, 7) is 0. The lowest BCUT2D eigenvalue weighted by molar-refractivity contribution is 0.469. The van der Waals surface area contributed by atoms with Crippen LogP contribution in [-0.2, 0) is 6.42 Å². The molecule has 1 N–H and O–H groups in total. The number of nitriles is 1. The van der Waals surface area contributed by atoms with Crippen LogP contribution in [0.4, 0.5) is 0 Å². The molecule has 1 aromatic heterocycles. The van der Waals surface area contributed by atoms with Crippen LogP contribution in [0.25, 0.3) is 0 Å². The van der Waals surface area contributed by atoms with Crippen LogP contribution in [0, 0.1) is 11.3 Å². The average molecular weight is 279 g/mol. The first-order valence-electron chi connectivity index (χ1n) is 5.12. The van der Waals surface area contributed by atoms with E-state index in [2.05, 4.69) is 4.98 Å². The van der Waals surface area contributed by atoms with E-state index in [1.165, 1.54) is 12.1 Å². The first kappa shape index (κ1) is 12.7. The number of aromatic hydroxyl groups is 1. The number of aromatic nitrogens is 1. The summed E-state index contributed by atoms with van der Waals surface area (Å²) in [5.41, 5.74) is 1.70. The maximum absolute atomic E-state index is 9.78. The lowest BCUT2D eigenvalue weighted by atomic mass is 10.0. The number of hydrogen-bond donors (Lipinski definition) is 1. The fourth-order valence-electron chi connectivity index (χ4n) is 1.60. The van der Waals surface area contributed by atoms with Gasteiger partial charge in [0.15, 0.2) is 0 Å². The summed E-state index contributed by atoms with van der Waals surface area (Å²) in [4.78, 5) is 3.88. The Balaban J connectivity index is 2.40. The number of phenols is 1. The molecule has 0 aliphatic carbocycles. The van der Waals surface area contributed by atoms with Crippen molar-refractivity contribution in [2.45, 2.75) is 6.42 Å². The first-order valence-corrected chi connectivity index (χ1v) is 5.88. The van der Waals surface area contributed by atoms with Crippen molar-refractivity contribution in [2.24, 2.45) is 0 Å². The SMILES string of the molecule is N#Cc1cc(Cc2c(O)ccc(Cl)c2Cl)ccn1. The van der Waals surface area contributed by atoms with E-state index < -0.39 is 0 Å². The van der Waals surface area contributed by atoms with E-state index in [0.717, 1.165) is 5.56 Å². The molecule has 5 heteroatoms. The molecule has 18 heavy (non-hydrogen) atoms. The second-order valence-electron chi connectivity index (χ2n) is 3.70. The van der Waals surface area contributed by atoms with Gasteiger partial charge in [0.05, 0.1) is 10.0 Å². The zero-order chi connectivity index (χ0) is 13.1. The van der Waals surface area contributed by atoms with Crippen molar-refractivity contribution in [1.82, 2.24) is 4.98 Å². The maximum atomic E-state index is 9.78. The number of phenolic OH excluding ortho intramolecular Hbond substituents is 1. The van der Waals surface area contributed by atoms with E-state index in [1.54, 1.807) is 18.3 Å². The lowest BCUT2D eigenvalue weighted by Crippen LogP contribution is -1.93. The maximum Gasteiger partial charge on any atom is 0.140 e. The van der Waals surface area contributed by atoms with E-state index in [-0.39, 0.29) is 5.75 Å². The van der Waals surface area contributed by atoms with Crippen molar-refractivity contribution in [2.75, 3.05) is 0 Å². The topological polar surface area (TPSA) is 56.9 Å². The van der Waals surface area contributed by atoms with Crippen LogP contribution in [0.15, 0.2) is 30.5 Å². The molecular weight excluding hydrogens is 271 g/mol. The summed E-state index contributed by atoms with van der Waals surface area (Å²) in [5.74, 6) is 0.0831.